The van der Waals surface area contributed by atoms with Crippen molar-refractivity contribution in [3.05, 3.63) is 60.4 Å². The molecular formula is C21H26N4O. The fourth-order valence-corrected chi connectivity index (χ4v) is 3.54. The molecule has 1 aliphatic heterocycles. The van der Waals surface area contributed by atoms with E-state index in [1.54, 1.807) is 11.1 Å². The highest BCUT2D eigenvalue weighted by atomic mass is 16.7. The zero-order valence-electron chi connectivity index (χ0n) is 15.3. The number of piperazine rings is 1. The lowest BCUT2D eigenvalue weighted by molar-refractivity contribution is 0.106. The molecule has 1 aromatic heterocycles. The molecule has 4 rings (SSSR count). The molecule has 1 fully saturated rings. The van der Waals surface area contributed by atoms with Gasteiger partial charge in [-0.3, -0.25) is 4.90 Å². The van der Waals surface area contributed by atoms with E-state index < -0.39 is 0 Å². The van der Waals surface area contributed by atoms with Crippen molar-refractivity contribution in [2.45, 2.75) is 13.3 Å². The second kappa shape index (κ2) is 7.79. The monoisotopic (exact) mass is 350 g/mol. The number of para-hydroxylation sites is 2. The summed E-state index contributed by atoms with van der Waals surface area (Å²) >= 11 is 0. The summed E-state index contributed by atoms with van der Waals surface area (Å²) in [6.07, 6.45) is 2.78. The molecule has 0 aliphatic carbocycles. The fraction of sp³-hybridized carbons (Fsp3) is 0.381. The quantitative estimate of drug-likeness (QED) is 0.640. The molecule has 3 aromatic rings. The van der Waals surface area contributed by atoms with E-state index in [0.29, 0.717) is 6.61 Å². The van der Waals surface area contributed by atoms with E-state index in [4.69, 9.17) is 4.84 Å². The maximum Gasteiger partial charge on any atom is 0.133 e. The van der Waals surface area contributed by atoms with E-state index in [1.165, 1.54) is 11.3 Å². The molecule has 5 nitrogen and oxygen atoms in total. The van der Waals surface area contributed by atoms with Crippen molar-refractivity contribution in [1.29, 1.82) is 0 Å². The van der Waals surface area contributed by atoms with Crippen LogP contribution >= 0.6 is 0 Å². The lowest BCUT2D eigenvalue weighted by Crippen LogP contribution is -2.46. The smallest absolute Gasteiger partial charge is 0.133 e. The number of hydrogen-bond donors (Lipinski definition) is 0. The molecule has 0 N–H and O–H groups in total. The molecule has 5 heteroatoms. The van der Waals surface area contributed by atoms with Crippen molar-refractivity contribution >= 4 is 16.7 Å². The zero-order valence-corrected chi connectivity index (χ0v) is 15.3. The van der Waals surface area contributed by atoms with Crippen molar-refractivity contribution in [2.24, 2.45) is 0 Å². The van der Waals surface area contributed by atoms with Gasteiger partial charge < -0.3 is 9.74 Å². The van der Waals surface area contributed by atoms with Crippen LogP contribution in [0.3, 0.4) is 0 Å². The van der Waals surface area contributed by atoms with Crippen molar-refractivity contribution in [3.63, 3.8) is 0 Å². The Kier molecular flexibility index (Phi) is 5.07. The second-order valence-electron chi connectivity index (χ2n) is 6.91. The van der Waals surface area contributed by atoms with Crippen LogP contribution in [-0.2, 0) is 0 Å². The third kappa shape index (κ3) is 3.83. The van der Waals surface area contributed by atoms with Gasteiger partial charge in [-0.1, -0.05) is 24.3 Å². The first-order valence-corrected chi connectivity index (χ1v) is 9.39. The van der Waals surface area contributed by atoms with E-state index in [2.05, 4.69) is 46.0 Å². The summed E-state index contributed by atoms with van der Waals surface area (Å²) in [5.41, 5.74) is 4.67. The maximum absolute atomic E-state index is 5.87. The maximum atomic E-state index is 5.87. The van der Waals surface area contributed by atoms with Gasteiger partial charge in [-0.25, -0.2) is 4.98 Å². The second-order valence-corrected chi connectivity index (χ2v) is 6.91. The van der Waals surface area contributed by atoms with Gasteiger partial charge in [0.15, 0.2) is 0 Å². The Balaban J connectivity index is 1.20. The van der Waals surface area contributed by atoms with E-state index >= 15 is 0 Å². The van der Waals surface area contributed by atoms with E-state index in [9.17, 15) is 0 Å². The van der Waals surface area contributed by atoms with E-state index in [1.807, 2.05) is 24.3 Å². The molecule has 1 aliphatic rings. The predicted molar refractivity (Wildman–Crippen MR) is 106 cm³/mol. The molecular weight excluding hydrogens is 324 g/mol. The van der Waals surface area contributed by atoms with Crippen molar-refractivity contribution < 1.29 is 4.84 Å². The minimum Gasteiger partial charge on any atom is -0.412 e. The lowest BCUT2D eigenvalue weighted by atomic mass is 10.2. The van der Waals surface area contributed by atoms with Crippen LogP contribution in [0.15, 0.2) is 54.9 Å². The minimum atomic E-state index is 0.707. The van der Waals surface area contributed by atoms with Gasteiger partial charge in [0, 0.05) is 38.4 Å². The first-order chi connectivity index (χ1) is 12.8. The highest BCUT2D eigenvalue weighted by Gasteiger charge is 2.16. The van der Waals surface area contributed by atoms with Crippen LogP contribution in [0, 0.1) is 6.92 Å². The van der Waals surface area contributed by atoms with Crippen LogP contribution in [0.25, 0.3) is 11.0 Å². The molecule has 0 spiro atoms. The number of imidazole rings is 1. The highest BCUT2D eigenvalue weighted by molar-refractivity contribution is 5.74. The summed E-state index contributed by atoms with van der Waals surface area (Å²) in [7, 11) is 0. The average Bonchev–Trinajstić information content (AvgIpc) is 3.09. The van der Waals surface area contributed by atoms with E-state index in [0.717, 1.165) is 50.2 Å². The molecule has 0 amide bonds. The molecule has 0 radical (unpaired) electrons. The molecule has 2 heterocycles. The summed E-state index contributed by atoms with van der Waals surface area (Å²) in [5.74, 6) is 0. The average molecular weight is 350 g/mol. The predicted octanol–water partition coefficient (Wildman–Crippen LogP) is 2.99. The Morgan fingerprint density at radius 3 is 2.69 bits per heavy atom. The standard InChI is InChI=1S/C21H26N4O/c1-18-6-4-7-19(16-18)24-13-11-23(12-14-24)10-5-15-26-25-17-22-20-8-2-3-9-21(20)25/h2-4,6-9,16-17H,5,10-15H2,1H3. The van der Waals surface area contributed by atoms with Crippen molar-refractivity contribution in [1.82, 2.24) is 14.6 Å². The number of aryl methyl sites for hydroxylation is 1. The van der Waals surface area contributed by atoms with Gasteiger partial charge in [-0.2, -0.15) is 4.73 Å². The first kappa shape index (κ1) is 16.9. The molecule has 26 heavy (non-hydrogen) atoms. The van der Waals surface area contributed by atoms with Gasteiger partial charge in [-0.15, -0.1) is 0 Å². The summed E-state index contributed by atoms with van der Waals surface area (Å²) < 4.78 is 1.78. The Bertz CT molecular complexity index is 852. The normalized spacial score (nSPS) is 15.5. The van der Waals surface area contributed by atoms with Crippen LogP contribution in [0.5, 0.6) is 0 Å². The van der Waals surface area contributed by atoms with Crippen molar-refractivity contribution in [3.8, 4) is 0 Å². The Morgan fingerprint density at radius 2 is 1.85 bits per heavy atom. The van der Waals surface area contributed by atoms with Gasteiger partial charge in [-0.05, 0) is 43.2 Å². The number of fused-ring (bicyclic) bond motifs is 1. The summed E-state index contributed by atoms with van der Waals surface area (Å²) in [5, 5.41) is 0. The van der Waals surface area contributed by atoms with Gasteiger partial charge in [0.1, 0.15) is 18.5 Å². The number of hydrogen-bond acceptors (Lipinski definition) is 4. The molecule has 2 aromatic carbocycles. The lowest BCUT2D eigenvalue weighted by Gasteiger charge is -2.36. The largest absolute Gasteiger partial charge is 0.412 e. The third-order valence-electron chi connectivity index (χ3n) is 5.01. The van der Waals surface area contributed by atoms with Gasteiger partial charge in [0.2, 0.25) is 0 Å². The molecule has 0 atom stereocenters. The number of aromatic nitrogens is 2. The molecule has 0 unspecified atom stereocenters. The SMILES string of the molecule is Cc1cccc(N2CCN(CCCOn3cnc4ccccc43)CC2)c1. The van der Waals surface area contributed by atoms with E-state index in [-0.39, 0.29) is 0 Å². The van der Waals surface area contributed by atoms with Crippen LogP contribution in [-0.4, -0.2) is 53.9 Å². The van der Waals surface area contributed by atoms with Crippen LogP contribution in [0.1, 0.15) is 12.0 Å². The van der Waals surface area contributed by atoms with Crippen molar-refractivity contribution in [2.75, 3.05) is 44.2 Å². The Morgan fingerprint density at radius 1 is 1.00 bits per heavy atom. The number of anilines is 1. The van der Waals surface area contributed by atoms with Crippen LogP contribution in [0.4, 0.5) is 5.69 Å². The Hall–Kier alpha value is -2.53. The van der Waals surface area contributed by atoms with Crippen LogP contribution in [0.2, 0.25) is 0 Å². The van der Waals surface area contributed by atoms with Gasteiger partial charge >= 0.3 is 0 Å². The third-order valence-corrected chi connectivity index (χ3v) is 5.01. The summed E-state index contributed by atoms with van der Waals surface area (Å²) in [4.78, 5) is 15.2. The van der Waals surface area contributed by atoms with Gasteiger partial charge in [0.05, 0.1) is 5.52 Å². The highest BCUT2D eigenvalue weighted by Crippen LogP contribution is 2.17. The molecule has 136 valence electrons. The van der Waals surface area contributed by atoms with Crippen LogP contribution < -0.4 is 9.74 Å². The minimum absolute atomic E-state index is 0.707. The summed E-state index contributed by atoms with van der Waals surface area (Å²) in [6, 6.07) is 16.8. The van der Waals surface area contributed by atoms with Gasteiger partial charge in [0.25, 0.3) is 0 Å². The Labute approximate surface area is 154 Å². The first-order valence-electron chi connectivity index (χ1n) is 9.39. The number of rotatable bonds is 6. The number of nitrogens with zero attached hydrogens (tertiary/aromatic N) is 4. The fourth-order valence-electron chi connectivity index (χ4n) is 3.54. The molecule has 0 bridgehead atoms. The molecule has 1 saturated heterocycles. The zero-order chi connectivity index (χ0) is 17.8. The topological polar surface area (TPSA) is 33.5 Å². The summed E-state index contributed by atoms with van der Waals surface area (Å²) in [6.45, 7) is 8.35. The molecule has 0 saturated carbocycles. The number of benzene rings is 2.